The van der Waals surface area contributed by atoms with Gasteiger partial charge in [-0.15, -0.1) is 0 Å². The summed E-state index contributed by atoms with van der Waals surface area (Å²) in [6, 6.07) is 2.92. The smallest absolute Gasteiger partial charge is 0.160 e. The average Bonchev–Trinajstić information content (AvgIpc) is 2.79. The number of hydrogen-bond acceptors (Lipinski definition) is 3. The summed E-state index contributed by atoms with van der Waals surface area (Å²) in [4.78, 5) is 3.85. The van der Waals surface area contributed by atoms with Crippen molar-refractivity contribution in [1.82, 2.24) is 14.8 Å². The van der Waals surface area contributed by atoms with Crippen LogP contribution >= 0.6 is 0 Å². The zero-order valence-electron chi connectivity index (χ0n) is 9.14. The number of aliphatic hydroxyl groups excluding tert-OH is 1. The van der Waals surface area contributed by atoms with Crippen LogP contribution in [0.3, 0.4) is 0 Å². The van der Waals surface area contributed by atoms with Gasteiger partial charge in [-0.2, -0.15) is 5.10 Å². The molecule has 4 nitrogen and oxygen atoms in total. The molecule has 2 aromatic rings. The number of halogens is 2. The summed E-state index contributed by atoms with van der Waals surface area (Å²) in [5, 5.41) is 13.8. The van der Waals surface area contributed by atoms with E-state index in [2.05, 4.69) is 10.1 Å². The van der Waals surface area contributed by atoms with E-state index in [4.69, 9.17) is 0 Å². The van der Waals surface area contributed by atoms with Crippen LogP contribution in [0.1, 0.15) is 24.4 Å². The third-order valence-corrected chi connectivity index (χ3v) is 2.44. The Morgan fingerprint density at radius 1 is 1.41 bits per heavy atom. The Hall–Kier alpha value is -1.82. The Labute approximate surface area is 96.5 Å². The van der Waals surface area contributed by atoms with Gasteiger partial charge in [-0.05, 0) is 25.1 Å². The topological polar surface area (TPSA) is 50.9 Å². The van der Waals surface area contributed by atoms with Crippen molar-refractivity contribution in [1.29, 1.82) is 0 Å². The summed E-state index contributed by atoms with van der Waals surface area (Å²) in [5.41, 5.74) is -0.146. The molecule has 0 aliphatic heterocycles. The lowest BCUT2D eigenvalue weighted by molar-refractivity contribution is 0.197. The predicted molar refractivity (Wildman–Crippen MR) is 56.1 cm³/mol. The molecule has 0 aliphatic rings. The van der Waals surface area contributed by atoms with Gasteiger partial charge in [-0.3, -0.25) is 0 Å². The van der Waals surface area contributed by atoms with Crippen LogP contribution in [0.5, 0.6) is 0 Å². The fourth-order valence-electron chi connectivity index (χ4n) is 1.59. The lowest BCUT2D eigenvalue weighted by Crippen LogP contribution is -2.12. The largest absolute Gasteiger partial charge is 0.380 e. The minimum absolute atomic E-state index is 0.146. The van der Waals surface area contributed by atoms with Crippen LogP contribution in [0.25, 0.3) is 0 Å². The van der Waals surface area contributed by atoms with Crippen molar-refractivity contribution in [2.45, 2.75) is 19.6 Å². The highest BCUT2D eigenvalue weighted by molar-refractivity contribution is 5.25. The molecular formula is C11H11F2N3O. The SMILES string of the molecule is CCn1ncnc1C(O)c1cc(F)ccc1F. The summed E-state index contributed by atoms with van der Waals surface area (Å²) < 4.78 is 27.9. The number of aryl methyl sites for hydroxylation is 1. The highest BCUT2D eigenvalue weighted by atomic mass is 19.1. The number of aliphatic hydroxyl groups is 1. The van der Waals surface area contributed by atoms with E-state index in [1.165, 1.54) is 11.0 Å². The second-order valence-electron chi connectivity index (χ2n) is 3.50. The van der Waals surface area contributed by atoms with E-state index in [9.17, 15) is 13.9 Å². The Morgan fingerprint density at radius 3 is 2.88 bits per heavy atom. The third-order valence-electron chi connectivity index (χ3n) is 2.44. The Kier molecular flexibility index (Phi) is 3.14. The van der Waals surface area contributed by atoms with Gasteiger partial charge in [-0.25, -0.2) is 18.4 Å². The lowest BCUT2D eigenvalue weighted by Gasteiger charge is -2.12. The van der Waals surface area contributed by atoms with Crippen molar-refractivity contribution in [3.63, 3.8) is 0 Å². The third kappa shape index (κ3) is 2.16. The molecule has 1 aromatic heterocycles. The number of aromatic nitrogens is 3. The molecule has 0 saturated heterocycles. The first-order valence-electron chi connectivity index (χ1n) is 5.14. The molecule has 90 valence electrons. The predicted octanol–water partition coefficient (Wildman–Crippen LogP) is 1.66. The molecule has 1 atom stereocenters. The van der Waals surface area contributed by atoms with E-state index in [0.29, 0.717) is 6.54 Å². The molecule has 0 radical (unpaired) electrons. The van der Waals surface area contributed by atoms with Gasteiger partial charge in [0.05, 0.1) is 0 Å². The molecule has 0 spiro atoms. The van der Waals surface area contributed by atoms with Gasteiger partial charge in [0.25, 0.3) is 0 Å². The summed E-state index contributed by atoms with van der Waals surface area (Å²) in [5.74, 6) is -1.09. The number of benzene rings is 1. The van der Waals surface area contributed by atoms with Crippen molar-refractivity contribution >= 4 is 0 Å². The van der Waals surface area contributed by atoms with Crippen LogP contribution in [0.4, 0.5) is 8.78 Å². The molecule has 1 heterocycles. The molecule has 1 aromatic carbocycles. The molecule has 0 amide bonds. The highest BCUT2D eigenvalue weighted by Gasteiger charge is 2.20. The quantitative estimate of drug-likeness (QED) is 0.886. The molecule has 6 heteroatoms. The summed E-state index contributed by atoms with van der Waals surface area (Å²) in [6.07, 6.45) is -0.0626. The number of nitrogens with zero attached hydrogens (tertiary/aromatic N) is 3. The molecule has 0 bridgehead atoms. The first kappa shape index (κ1) is 11.7. The van der Waals surface area contributed by atoms with Crippen LogP contribution in [0, 0.1) is 11.6 Å². The van der Waals surface area contributed by atoms with Crippen LogP contribution in [-0.2, 0) is 6.54 Å². The minimum atomic E-state index is -1.33. The molecule has 0 saturated carbocycles. The Morgan fingerprint density at radius 2 is 2.18 bits per heavy atom. The minimum Gasteiger partial charge on any atom is -0.380 e. The first-order valence-corrected chi connectivity index (χ1v) is 5.14. The summed E-state index contributed by atoms with van der Waals surface area (Å²) in [7, 11) is 0. The molecule has 0 aliphatic carbocycles. The maximum absolute atomic E-state index is 13.5. The van der Waals surface area contributed by atoms with Gasteiger partial charge in [-0.1, -0.05) is 0 Å². The van der Waals surface area contributed by atoms with Crippen LogP contribution in [-0.4, -0.2) is 19.9 Å². The highest BCUT2D eigenvalue weighted by Crippen LogP contribution is 2.23. The lowest BCUT2D eigenvalue weighted by atomic mass is 10.1. The zero-order chi connectivity index (χ0) is 12.4. The number of hydrogen-bond donors (Lipinski definition) is 1. The monoisotopic (exact) mass is 239 g/mol. The maximum atomic E-state index is 13.5. The van der Waals surface area contributed by atoms with Crippen molar-refractivity contribution in [3.8, 4) is 0 Å². The second-order valence-corrected chi connectivity index (χ2v) is 3.50. The van der Waals surface area contributed by atoms with Crippen molar-refractivity contribution in [2.24, 2.45) is 0 Å². The van der Waals surface area contributed by atoms with Gasteiger partial charge in [0.2, 0.25) is 0 Å². The van der Waals surface area contributed by atoms with E-state index in [-0.39, 0.29) is 11.4 Å². The van der Waals surface area contributed by atoms with Crippen LogP contribution in [0.15, 0.2) is 24.5 Å². The standard InChI is InChI=1S/C11H11F2N3O/c1-2-16-11(14-6-15-16)10(17)8-5-7(12)3-4-9(8)13/h3-6,10,17H,2H2,1H3. The van der Waals surface area contributed by atoms with Gasteiger partial charge < -0.3 is 5.11 Å². The van der Waals surface area contributed by atoms with Crippen LogP contribution < -0.4 is 0 Å². The molecule has 0 fully saturated rings. The fourth-order valence-corrected chi connectivity index (χ4v) is 1.59. The maximum Gasteiger partial charge on any atom is 0.160 e. The summed E-state index contributed by atoms with van der Waals surface area (Å²) in [6.45, 7) is 2.30. The van der Waals surface area contributed by atoms with Crippen LogP contribution in [0.2, 0.25) is 0 Å². The molecule has 17 heavy (non-hydrogen) atoms. The van der Waals surface area contributed by atoms with E-state index in [1.807, 2.05) is 6.92 Å². The Balaban J connectivity index is 2.43. The van der Waals surface area contributed by atoms with Crippen molar-refractivity contribution in [3.05, 3.63) is 47.5 Å². The van der Waals surface area contributed by atoms with Crippen molar-refractivity contribution < 1.29 is 13.9 Å². The van der Waals surface area contributed by atoms with Gasteiger partial charge in [0.15, 0.2) is 5.82 Å². The fraction of sp³-hybridized carbons (Fsp3) is 0.273. The van der Waals surface area contributed by atoms with Crippen molar-refractivity contribution in [2.75, 3.05) is 0 Å². The van der Waals surface area contributed by atoms with E-state index >= 15 is 0 Å². The zero-order valence-corrected chi connectivity index (χ0v) is 9.14. The first-order chi connectivity index (χ1) is 8.13. The molecule has 1 unspecified atom stereocenters. The number of rotatable bonds is 3. The normalized spacial score (nSPS) is 12.7. The van der Waals surface area contributed by atoms with E-state index < -0.39 is 17.7 Å². The second kappa shape index (κ2) is 4.58. The van der Waals surface area contributed by atoms with E-state index in [0.717, 1.165) is 18.2 Å². The molecular weight excluding hydrogens is 228 g/mol. The van der Waals surface area contributed by atoms with Gasteiger partial charge in [0.1, 0.15) is 24.1 Å². The molecule has 1 N–H and O–H groups in total. The average molecular weight is 239 g/mol. The van der Waals surface area contributed by atoms with Gasteiger partial charge in [0, 0.05) is 12.1 Å². The molecule has 2 rings (SSSR count). The van der Waals surface area contributed by atoms with Gasteiger partial charge >= 0.3 is 0 Å². The summed E-state index contributed by atoms with van der Waals surface area (Å²) >= 11 is 0. The Bertz CT molecular complexity index is 527. The van der Waals surface area contributed by atoms with E-state index in [1.54, 1.807) is 0 Å².